The molecule has 0 unspecified atom stereocenters. The Morgan fingerprint density at radius 2 is 1.52 bits per heavy atom. The van der Waals surface area contributed by atoms with E-state index in [-0.39, 0.29) is 15.5 Å². The lowest BCUT2D eigenvalue weighted by Crippen LogP contribution is -2.09. The van der Waals surface area contributed by atoms with Crippen molar-refractivity contribution in [2.75, 3.05) is 0 Å². The van der Waals surface area contributed by atoms with Crippen molar-refractivity contribution in [3.63, 3.8) is 0 Å². The summed E-state index contributed by atoms with van der Waals surface area (Å²) < 4.78 is 48.1. The van der Waals surface area contributed by atoms with Crippen molar-refractivity contribution in [2.45, 2.75) is 22.5 Å². The number of halogens is 1. The van der Waals surface area contributed by atoms with Gasteiger partial charge in [0.25, 0.3) is 9.05 Å². The van der Waals surface area contributed by atoms with Crippen molar-refractivity contribution in [1.82, 2.24) is 0 Å². The van der Waals surface area contributed by atoms with Gasteiger partial charge < -0.3 is 0 Å². The van der Waals surface area contributed by atoms with Crippen LogP contribution in [0.15, 0.2) is 58.3 Å². The maximum Gasteiger partial charge on any atom is 0.262 e. The summed E-state index contributed by atoms with van der Waals surface area (Å²) in [6.07, 6.45) is 0. The third-order valence-corrected chi connectivity index (χ3v) is 6.13. The Morgan fingerprint density at radius 3 is 2.10 bits per heavy atom. The van der Waals surface area contributed by atoms with Gasteiger partial charge in [-0.15, -0.1) is 0 Å². The van der Waals surface area contributed by atoms with Gasteiger partial charge in [0, 0.05) is 10.7 Å². The van der Waals surface area contributed by atoms with E-state index in [2.05, 4.69) is 0 Å². The zero-order chi connectivity index (χ0) is 15.7. The molecule has 2 rings (SSSR count). The van der Waals surface area contributed by atoms with Crippen LogP contribution in [0.25, 0.3) is 0 Å². The topological polar surface area (TPSA) is 68.3 Å². The maximum atomic E-state index is 12.5. The molecule has 0 aliphatic carbocycles. The van der Waals surface area contributed by atoms with Gasteiger partial charge in [0.05, 0.1) is 10.6 Å². The van der Waals surface area contributed by atoms with Gasteiger partial charge in [-0.1, -0.05) is 36.4 Å². The predicted octanol–water partition coefficient (Wildman–Crippen LogP) is 2.90. The first-order valence-electron chi connectivity index (χ1n) is 6.02. The van der Waals surface area contributed by atoms with Crippen LogP contribution in [-0.2, 0) is 24.6 Å². The largest absolute Gasteiger partial charge is 0.262 e. The minimum Gasteiger partial charge on any atom is -0.223 e. The molecule has 112 valence electrons. The molecule has 0 atom stereocenters. The summed E-state index contributed by atoms with van der Waals surface area (Å²) in [5.74, 6) is -0.281. The van der Waals surface area contributed by atoms with E-state index < -0.39 is 18.9 Å². The molecule has 21 heavy (non-hydrogen) atoms. The number of hydrogen-bond donors (Lipinski definition) is 0. The molecule has 2 aromatic carbocycles. The van der Waals surface area contributed by atoms with Crippen molar-refractivity contribution in [1.29, 1.82) is 0 Å². The second-order valence-electron chi connectivity index (χ2n) is 4.63. The summed E-state index contributed by atoms with van der Waals surface area (Å²) in [6, 6.07) is 12.6. The highest BCUT2D eigenvalue weighted by Gasteiger charge is 2.25. The van der Waals surface area contributed by atoms with E-state index >= 15 is 0 Å². The van der Waals surface area contributed by atoms with E-state index in [1.165, 1.54) is 18.2 Å². The zero-order valence-electron chi connectivity index (χ0n) is 11.2. The fraction of sp³-hybridized carbons (Fsp3) is 0.143. The van der Waals surface area contributed by atoms with Gasteiger partial charge in [-0.3, -0.25) is 0 Å². The molecule has 0 amide bonds. The Bertz CT molecular complexity index is 857. The molecule has 0 aliphatic heterocycles. The first-order chi connectivity index (χ1) is 9.70. The van der Waals surface area contributed by atoms with Gasteiger partial charge >= 0.3 is 0 Å². The van der Waals surface area contributed by atoms with Crippen LogP contribution >= 0.6 is 10.7 Å². The highest BCUT2D eigenvalue weighted by atomic mass is 35.7. The average Bonchev–Trinajstić information content (AvgIpc) is 2.38. The SMILES string of the molecule is Cc1ccc(S(=O)(=O)Cl)c(S(=O)(=O)Cc2ccccc2)c1. The van der Waals surface area contributed by atoms with E-state index in [4.69, 9.17) is 10.7 Å². The third-order valence-electron chi connectivity index (χ3n) is 2.90. The molecule has 0 heterocycles. The molecule has 4 nitrogen and oxygen atoms in total. The molecular formula is C14H13ClO4S2. The van der Waals surface area contributed by atoms with Crippen LogP contribution in [0.2, 0.25) is 0 Å². The van der Waals surface area contributed by atoms with Gasteiger partial charge in [0.1, 0.15) is 4.90 Å². The summed E-state index contributed by atoms with van der Waals surface area (Å²) in [6.45, 7) is 1.69. The van der Waals surface area contributed by atoms with Gasteiger partial charge in [0.15, 0.2) is 9.84 Å². The van der Waals surface area contributed by atoms with Gasteiger partial charge in [-0.25, -0.2) is 16.8 Å². The monoisotopic (exact) mass is 344 g/mol. The van der Waals surface area contributed by atoms with E-state index in [1.54, 1.807) is 37.3 Å². The van der Waals surface area contributed by atoms with Crippen molar-refractivity contribution < 1.29 is 16.8 Å². The molecule has 0 aromatic heterocycles. The lowest BCUT2D eigenvalue weighted by molar-refractivity contribution is 0.587. The molecule has 0 saturated heterocycles. The number of rotatable bonds is 4. The van der Waals surface area contributed by atoms with Crippen molar-refractivity contribution in [3.8, 4) is 0 Å². The smallest absolute Gasteiger partial charge is 0.223 e. The van der Waals surface area contributed by atoms with Crippen LogP contribution < -0.4 is 0 Å². The maximum absolute atomic E-state index is 12.5. The van der Waals surface area contributed by atoms with Crippen LogP contribution in [0.5, 0.6) is 0 Å². The molecule has 0 spiro atoms. The van der Waals surface area contributed by atoms with Gasteiger partial charge in [0.2, 0.25) is 0 Å². The summed E-state index contributed by atoms with van der Waals surface area (Å²) in [7, 11) is -2.61. The molecule has 2 aromatic rings. The van der Waals surface area contributed by atoms with E-state index in [9.17, 15) is 16.8 Å². The second-order valence-corrected chi connectivity index (χ2v) is 9.13. The Kier molecular flexibility index (Phi) is 4.41. The van der Waals surface area contributed by atoms with Crippen LogP contribution in [0.1, 0.15) is 11.1 Å². The molecule has 0 saturated carbocycles. The highest BCUT2D eigenvalue weighted by molar-refractivity contribution is 8.14. The Hall–Kier alpha value is -1.37. The van der Waals surface area contributed by atoms with Gasteiger partial charge in [-0.05, 0) is 30.2 Å². The van der Waals surface area contributed by atoms with Crippen LogP contribution in [0.3, 0.4) is 0 Å². The normalized spacial score (nSPS) is 12.3. The predicted molar refractivity (Wildman–Crippen MR) is 81.5 cm³/mol. The molecule has 0 N–H and O–H groups in total. The minimum absolute atomic E-state index is 0.263. The molecular weight excluding hydrogens is 332 g/mol. The van der Waals surface area contributed by atoms with E-state index in [0.717, 1.165) is 0 Å². The fourth-order valence-corrected chi connectivity index (χ4v) is 5.24. The molecule has 0 aliphatic rings. The molecule has 0 bridgehead atoms. The summed E-state index contributed by atoms with van der Waals surface area (Å²) >= 11 is 0. The van der Waals surface area contributed by atoms with Crippen molar-refractivity contribution >= 4 is 29.6 Å². The molecule has 0 radical (unpaired) electrons. The lowest BCUT2D eigenvalue weighted by atomic mass is 10.2. The molecule has 7 heteroatoms. The Balaban J connectivity index is 2.57. The van der Waals surface area contributed by atoms with Gasteiger partial charge in [-0.2, -0.15) is 0 Å². The lowest BCUT2D eigenvalue weighted by Gasteiger charge is -2.09. The first kappa shape index (κ1) is 16.0. The molecule has 0 fully saturated rings. The Labute approximate surface area is 128 Å². The average molecular weight is 345 g/mol. The summed E-state index contributed by atoms with van der Waals surface area (Å²) in [5.41, 5.74) is 1.22. The summed E-state index contributed by atoms with van der Waals surface area (Å²) in [5, 5.41) is 0. The van der Waals surface area contributed by atoms with Crippen molar-refractivity contribution in [2.24, 2.45) is 0 Å². The van der Waals surface area contributed by atoms with Crippen molar-refractivity contribution in [3.05, 3.63) is 59.7 Å². The third kappa shape index (κ3) is 3.84. The highest BCUT2D eigenvalue weighted by Crippen LogP contribution is 2.27. The number of benzene rings is 2. The quantitative estimate of drug-likeness (QED) is 0.800. The number of hydrogen-bond acceptors (Lipinski definition) is 4. The fourth-order valence-electron chi connectivity index (χ4n) is 1.93. The minimum atomic E-state index is -4.13. The Morgan fingerprint density at radius 1 is 0.905 bits per heavy atom. The summed E-state index contributed by atoms with van der Waals surface area (Å²) in [4.78, 5) is -0.646. The first-order valence-corrected chi connectivity index (χ1v) is 9.98. The van der Waals surface area contributed by atoms with E-state index in [0.29, 0.717) is 11.1 Å². The zero-order valence-corrected chi connectivity index (χ0v) is 13.5. The second kappa shape index (κ2) is 5.79. The van der Waals surface area contributed by atoms with E-state index in [1.807, 2.05) is 0 Å². The van der Waals surface area contributed by atoms with Crippen LogP contribution in [0.4, 0.5) is 0 Å². The number of aryl methyl sites for hydroxylation is 1. The standard InChI is InChI=1S/C14H13ClO4S2/c1-11-7-8-13(21(15,18)19)14(9-11)20(16,17)10-12-5-3-2-4-6-12/h2-9H,10H2,1H3. The van der Waals surface area contributed by atoms with Crippen LogP contribution in [-0.4, -0.2) is 16.8 Å². The van der Waals surface area contributed by atoms with Crippen LogP contribution in [0, 0.1) is 6.92 Å². The number of sulfone groups is 1.